The molecule has 0 saturated heterocycles. The molecule has 2 N–H and O–H groups in total. The Kier molecular flexibility index (Phi) is 4.87. The summed E-state index contributed by atoms with van der Waals surface area (Å²) in [5.41, 5.74) is 7.38. The second kappa shape index (κ2) is 7.24. The maximum Gasteiger partial charge on any atom is 0.253 e. The first-order chi connectivity index (χ1) is 12.1. The predicted molar refractivity (Wildman–Crippen MR) is 92.6 cm³/mol. The number of nitrogen functional groups attached to an aromatic ring is 1. The topological polar surface area (TPSA) is 76.9 Å². The molecular formula is C18H14ClFN4O. The highest BCUT2D eigenvalue weighted by Crippen LogP contribution is 2.25. The van der Waals surface area contributed by atoms with Crippen LogP contribution in [-0.2, 0) is 13.2 Å². The molecule has 0 aliphatic heterocycles. The Labute approximate surface area is 149 Å². The number of nitriles is 1. The minimum atomic E-state index is -0.362. The van der Waals surface area contributed by atoms with Crippen LogP contribution in [0.1, 0.15) is 16.7 Å². The molecule has 0 saturated carbocycles. The fourth-order valence-corrected chi connectivity index (χ4v) is 2.43. The summed E-state index contributed by atoms with van der Waals surface area (Å²) in [4.78, 5) is 0. The molecule has 7 heteroatoms. The van der Waals surface area contributed by atoms with Gasteiger partial charge < -0.3 is 10.5 Å². The number of hydrogen-bond donors (Lipinski definition) is 1. The summed E-state index contributed by atoms with van der Waals surface area (Å²) in [6.45, 7) is 0.319. The van der Waals surface area contributed by atoms with Crippen molar-refractivity contribution in [1.82, 2.24) is 9.78 Å². The van der Waals surface area contributed by atoms with Gasteiger partial charge in [0.1, 0.15) is 24.3 Å². The second-order valence-electron chi connectivity index (χ2n) is 5.34. The first kappa shape index (κ1) is 16.8. The largest absolute Gasteiger partial charge is 0.471 e. The molecule has 5 nitrogen and oxygen atoms in total. The number of nitrogens with two attached hydrogens (primary N) is 1. The number of aromatic nitrogens is 2. The van der Waals surface area contributed by atoms with Crippen LogP contribution in [-0.4, -0.2) is 9.78 Å². The number of ether oxygens (including phenoxy) is 1. The third-order valence-electron chi connectivity index (χ3n) is 3.64. The van der Waals surface area contributed by atoms with Gasteiger partial charge in [0.15, 0.2) is 5.56 Å². The zero-order valence-electron chi connectivity index (χ0n) is 13.1. The Hall–Kier alpha value is -3.04. The molecule has 3 rings (SSSR count). The van der Waals surface area contributed by atoms with Crippen LogP contribution in [0.5, 0.6) is 5.88 Å². The van der Waals surface area contributed by atoms with Gasteiger partial charge in [0.2, 0.25) is 0 Å². The first-order valence-electron chi connectivity index (χ1n) is 7.45. The van der Waals surface area contributed by atoms with E-state index in [0.29, 0.717) is 10.6 Å². The summed E-state index contributed by atoms with van der Waals surface area (Å²) in [5, 5.41) is 14.1. The van der Waals surface area contributed by atoms with Crippen LogP contribution in [0.4, 0.5) is 10.2 Å². The molecule has 1 heterocycles. The molecule has 0 radical (unpaired) electrons. The minimum Gasteiger partial charge on any atom is -0.471 e. The average Bonchev–Trinajstić information content (AvgIpc) is 2.91. The van der Waals surface area contributed by atoms with Crippen LogP contribution in [0.15, 0.2) is 48.5 Å². The van der Waals surface area contributed by atoms with Crippen molar-refractivity contribution in [2.24, 2.45) is 0 Å². The van der Waals surface area contributed by atoms with Gasteiger partial charge in [0.25, 0.3) is 5.88 Å². The van der Waals surface area contributed by atoms with Crippen molar-refractivity contribution < 1.29 is 9.13 Å². The molecule has 0 atom stereocenters. The summed E-state index contributed by atoms with van der Waals surface area (Å²) in [6, 6.07) is 15.4. The monoisotopic (exact) mass is 356 g/mol. The van der Waals surface area contributed by atoms with E-state index in [1.165, 1.54) is 10.7 Å². The van der Waals surface area contributed by atoms with Crippen molar-refractivity contribution in [2.45, 2.75) is 13.2 Å². The van der Waals surface area contributed by atoms with Crippen LogP contribution < -0.4 is 10.5 Å². The van der Waals surface area contributed by atoms with Crippen LogP contribution in [0.25, 0.3) is 0 Å². The fourth-order valence-electron chi connectivity index (χ4n) is 2.30. The lowest BCUT2D eigenvalue weighted by atomic mass is 10.2. The van der Waals surface area contributed by atoms with E-state index in [4.69, 9.17) is 22.1 Å². The molecule has 25 heavy (non-hydrogen) atoms. The maximum atomic E-state index is 13.8. The fraction of sp³-hybridized carbons (Fsp3) is 0.111. The molecule has 0 fully saturated rings. The molecule has 126 valence electrons. The molecule has 0 amide bonds. The van der Waals surface area contributed by atoms with Crippen molar-refractivity contribution >= 4 is 17.4 Å². The van der Waals surface area contributed by atoms with Crippen molar-refractivity contribution in [3.63, 3.8) is 0 Å². The summed E-state index contributed by atoms with van der Waals surface area (Å²) < 4.78 is 20.8. The van der Waals surface area contributed by atoms with Crippen LogP contribution in [0.2, 0.25) is 5.02 Å². The smallest absolute Gasteiger partial charge is 0.253 e. The number of benzene rings is 2. The predicted octanol–water partition coefficient (Wildman–Crippen LogP) is 3.76. The van der Waals surface area contributed by atoms with Crippen LogP contribution in [0, 0.1) is 17.1 Å². The lowest BCUT2D eigenvalue weighted by Crippen LogP contribution is -2.07. The van der Waals surface area contributed by atoms with E-state index in [0.717, 1.165) is 5.56 Å². The van der Waals surface area contributed by atoms with Crippen molar-refractivity contribution in [3.05, 3.63) is 76.1 Å². The third-order valence-corrected chi connectivity index (χ3v) is 3.89. The lowest BCUT2D eigenvalue weighted by Gasteiger charge is -2.05. The highest BCUT2D eigenvalue weighted by Gasteiger charge is 2.18. The summed E-state index contributed by atoms with van der Waals surface area (Å²) in [5.74, 6) is -0.109. The molecule has 3 aromatic rings. The molecule has 1 aromatic heterocycles. The van der Waals surface area contributed by atoms with E-state index in [1.807, 2.05) is 18.2 Å². The second-order valence-corrected chi connectivity index (χ2v) is 5.78. The van der Waals surface area contributed by atoms with E-state index in [-0.39, 0.29) is 36.2 Å². The quantitative estimate of drug-likeness (QED) is 0.755. The third kappa shape index (κ3) is 3.73. The van der Waals surface area contributed by atoms with Crippen LogP contribution in [0.3, 0.4) is 0 Å². The van der Waals surface area contributed by atoms with Gasteiger partial charge in [-0.1, -0.05) is 41.9 Å². The Bertz CT molecular complexity index is 931. The standard InChI is InChI=1S/C18H14ClFN4O/c19-14-7-5-12(6-8-14)11-25-18-15(9-21)17(22)24(23-18)10-13-3-1-2-4-16(13)20/h1-8H,10-11,22H2. The van der Waals surface area contributed by atoms with Crippen molar-refractivity contribution in [1.29, 1.82) is 5.26 Å². The number of halogens is 2. The molecule has 0 spiro atoms. The maximum absolute atomic E-state index is 13.8. The van der Waals surface area contributed by atoms with E-state index < -0.39 is 0 Å². The SMILES string of the molecule is N#Cc1c(OCc2ccc(Cl)cc2)nn(Cc2ccccc2F)c1N. The Morgan fingerprint density at radius 3 is 2.60 bits per heavy atom. The molecule has 2 aromatic carbocycles. The Balaban J connectivity index is 1.82. The first-order valence-corrected chi connectivity index (χ1v) is 7.83. The average molecular weight is 357 g/mol. The number of anilines is 1. The van der Waals surface area contributed by atoms with Gasteiger partial charge in [-0.3, -0.25) is 0 Å². The molecular weight excluding hydrogens is 343 g/mol. The van der Waals surface area contributed by atoms with E-state index in [1.54, 1.807) is 30.3 Å². The van der Waals surface area contributed by atoms with Crippen molar-refractivity contribution in [2.75, 3.05) is 5.73 Å². The normalized spacial score (nSPS) is 10.4. The van der Waals surface area contributed by atoms with Gasteiger partial charge in [-0.2, -0.15) is 5.26 Å². The van der Waals surface area contributed by atoms with Gasteiger partial charge in [-0.25, -0.2) is 9.07 Å². The Morgan fingerprint density at radius 2 is 1.92 bits per heavy atom. The van der Waals surface area contributed by atoms with E-state index in [9.17, 15) is 9.65 Å². The van der Waals surface area contributed by atoms with Gasteiger partial charge in [0, 0.05) is 10.6 Å². The van der Waals surface area contributed by atoms with Crippen LogP contribution >= 0.6 is 11.6 Å². The van der Waals surface area contributed by atoms with Crippen molar-refractivity contribution in [3.8, 4) is 11.9 Å². The lowest BCUT2D eigenvalue weighted by molar-refractivity contribution is 0.289. The van der Waals surface area contributed by atoms with Gasteiger partial charge in [-0.15, -0.1) is 5.10 Å². The molecule has 0 aliphatic carbocycles. The number of nitrogens with zero attached hydrogens (tertiary/aromatic N) is 3. The molecule has 0 aliphatic rings. The highest BCUT2D eigenvalue weighted by atomic mass is 35.5. The van der Waals surface area contributed by atoms with Gasteiger partial charge in [0.05, 0.1) is 6.54 Å². The number of hydrogen-bond acceptors (Lipinski definition) is 4. The van der Waals surface area contributed by atoms with E-state index >= 15 is 0 Å². The summed E-state index contributed by atoms with van der Waals surface area (Å²) in [7, 11) is 0. The highest BCUT2D eigenvalue weighted by molar-refractivity contribution is 6.30. The zero-order valence-corrected chi connectivity index (χ0v) is 13.9. The zero-order chi connectivity index (χ0) is 17.8. The van der Waals surface area contributed by atoms with Gasteiger partial charge >= 0.3 is 0 Å². The van der Waals surface area contributed by atoms with E-state index in [2.05, 4.69) is 5.10 Å². The molecule has 0 bridgehead atoms. The summed E-state index contributed by atoms with van der Waals surface area (Å²) in [6.07, 6.45) is 0. The van der Waals surface area contributed by atoms with Gasteiger partial charge in [-0.05, 0) is 23.8 Å². The number of rotatable bonds is 5. The summed E-state index contributed by atoms with van der Waals surface area (Å²) >= 11 is 5.84. The molecule has 0 unspecified atom stereocenters. The Morgan fingerprint density at radius 1 is 1.20 bits per heavy atom. The minimum absolute atomic E-state index is 0.109.